The molecule has 0 aliphatic rings. The van der Waals surface area contributed by atoms with Gasteiger partial charge in [-0.05, 0) is 30.2 Å². The van der Waals surface area contributed by atoms with Gasteiger partial charge >= 0.3 is 5.69 Å². The van der Waals surface area contributed by atoms with E-state index in [0.29, 0.717) is 6.54 Å². The first-order valence-electron chi connectivity index (χ1n) is 9.59. The molecule has 3 rings (SSSR count). The predicted octanol–water partition coefficient (Wildman–Crippen LogP) is 1.78. The smallest absolute Gasteiger partial charge is 0.330 e. The summed E-state index contributed by atoms with van der Waals surface area (Å²) in [5.74, 6) is -0.460. The van der Waals surface area contributed by atoms with E-state index in [2.05, 4.69) is 9.97 Å². The number of H-pyrrole nitrogens is 1. The number of aromatic amines is 1. The lowest BCUT2D eigenvalue weighted by molar-refractivity contribution is -0.113. The van der Waals surface area contributed by atoms with Crippen molar-refractivity contribution in [1.82, 2.24) is 19.1 Å². The monoisotopic (exact) mass is 408 g/mol. The normalized spacial score (nSPS) is 11.1. The summed E-state index contributed by atoms with van der Waals surface area (Å²) in [7, 11) is 1.45. The molecule has 3 N–H and O–H groups in total. The Morgan fingerprint density at radius 1 is 1.27 bits per heavy atom. The van der Waals surface area contributed by atoms with Crippen molar-refractivity contribution in [1.29, 1.82) is 0 Å². The van der Waals surface area contributed by atoms with E-state index in [1.54, 1.807) is 18.6 Å². The third kappa shape index (κ3) is 4.40. The van der Waals surface area contributed by atoms with Gasteiger partial charge in [0.25, 0.3) is 11.5 Å². The summed E-state index contributed by atoms with van der Waals surface area (Å²) in [6, 6.07) is 7.54. The van der Waals surface area contributed by atoms with E-state index < -0.39 is 17.2 Å². The molecule has 0 radical (unpaired) electrons. The molecule has 2 aromatic heterocycles. The van der Waals surface area contributed by atoms with Gasteiger partial charge in [0.05, 0.1) is 6.33 Å². The highest BCUT2D eigenvalue weighted by Crippen LogP contribution is 2.16. The molecule has 0 atom stereocenters. The first-order chi connectivity index (χ1) is 14.4. The summed E-state index contributed by atoms with van der Waals surface area (Å²) in [5, 5.41) is 0. The second kappa shape index (κ2) is 9.08. The predicted molar refractivity (Wildman–Crippen MR) is 117 cm³/mol. The van der Waals surface area contributed by atoms with Gasteiger partial charge in [-0.2, -0.15) is 0 Å². The van der Waals surface area contributed by atoms with Crippen LogP contribution in [0.25, 0.3) is 11.8 Å². The highest BCUT2D eigenvalue weighted by Gasteiger charge is 2.19. The molecule has 0 unspecified atom stereocenters. The number of carbonyl (C=O) groups excluding carboxylic acids is 1. The number of rotatable bonds is 7. The van der Waals surface area contributed by atoms with E-state index in [1.807, 2.05) is 42.0 Å². The number of carbonyl (C=O) groups is 1. The molecule has 9 heteroatoms. The Labute approximate surface area is 173 Å². The summed E-state index contributed by atoms with van der Waals surface area (Å²) in [6.45, 7) is 2.35. The second-order valence-corrected chi connectivity index (χ2v) is 6.79. The van der Waals surface area contributed by atoms with Crippen molar-refractivity contribution in [3.63, 3.8) is 0 Å². The van der Waals surface area contributed by atoms with Crippen molar-refractivity contribution in [2.75, 3.05) is 17.7 Å². The van der Waals surface area contributed by atoms with Crippen molar-refractivity contribution in [3.8, 4) is 5.69 Å². The van der Waals surface area contributed by atoms with Crippen molar-refractivity contribution in [2.24, 2.45) is 0 Å². The molecule has 0 spiro atoms. The molecule has 0 saturated carbocycles. The molecule has 0 bridgehead atoms. The molecular formula is C21H24N6O3. The second-order valence-electron chi connectivity index (χ2n) is 6.79. The first-order valence-corrected chi connectivity index (χ1v) is 9.59. The maximum Gasteiger partial charge on any atom is 0.330 e. The van der Waals surface area contributed by atoms with Crippen LogP contribution in [0.4, 0.5) is 11.5 Å². The minimum Gasteiger partial charge on any atom is -0.383 e. The molecule has 0 aliphatic carbocycles. The standard InChI is InChI=1S/C21H24N6O3/c1-3-4-12-27-19(22)18(20(29)24-21(27)30)25(2)17(28)10-7-15-5-8-16(9-6-15)26-13-11-23-14-26/h5-11,13-14H,3-4,12,22H2,1-2H3,(H,24,29,30)/b10-7+. The number of amides is 1. The average molecular weight is 408 g/mol. The summed E-state index contributed by atoms with van der Waals surface area (Å²) in [5.41, 5.74) is 6.49. The van der Waals surface area contributed by atoms with Crippen LogP contribution in [0.3, 0.4) is 0 Å². The highest BCUT2D eigenvalue weighted by molar-refractivity contribution is 6.04. The average Bonchev–Trinajstić information content (AvgIpc) is 3.27. The van der Waals surface area contributed by atoms with Crippen LogP contribution in [0.2, 0.25) is 0 Å². The number of nitrogens with one attached hydrogen (secondary N) is 1. The molecule has 0 fully saturated rings. The molecule has 2 heterocycles. The van der Waals surface area contributed by atoms with Crippen molar-refractivity contribution >= 4 is 23.5 Å². The third-order valence-electron chi connectivity index (χ3n) is 4.73. The number of hydrogen-bond acceptors (Lipinski definition) is 5. The molecule has 1 aromatic carbocycles. The fraction of sp³-hybridized carbons (Fsp3) is 0.238. The summed E-state index contributed by atoms with van der Waals surface area (Å²) >= 11 is 0. The maximum absolute atomic E-state index is 12.6. The van der Waals surface area contributed by atoms with Crippen LogP contribution in [0.1, 0.15) is 25.3 Å². The zero-order chi connectivity index (χ0) is 21.7. The molecule has 0 aliphatic heterocycles. The molecule has 9 nitrogen and oxygen atoms in total. The number of hydrogen-bond donors (Lipinski definition) is 2. The van der Waals surface area contributed by atoms with Crippen molar-refractivity contribution in [2.45, 2.75) is 26.3 Å². The number of likely N-dealkylation sites (N-methyl/N-ethyl adjacent to an activating group) is 1. The number of nitrogens with zero attached hydrogens (tertiary/aromatic N) is 4. The van der Waals surface area contributed by atoms with Crippen LogP contribution in [0.15, 0.2) is 58.7 Å². The highest BCUT2D eigenvalue weighted by atomic mass is 16.2. The van der Waals surface area contributed by atoms with Crippen LogP contribution in [0.5, 0.6) is 0 Å². The Hall–Kier alpha value is -3.88. The molecule has 156 valence electrons. The topological polar surface area (TPSA) is 119 Å². The molecule has 3 aromatic rings. The van der Waals surface area contributed by atoms with E-state index >= 15 is 0 Å². The number of nitrogens with two attached hydrogens (primary N) is 1. The van der Waals surface area contributed by atoms with Gasteiger partial charge in [0, 0.05) is 37.7 Å². The van der Waals surface area contributed by atoms with Crippen molar-refractivity contribution < 1.29 is 4.79 Å². The van der Waals surface area contributed by atoms with Gasteiger partial charge in [0.1, 0.15) is 5.82 Å². The Morgan fingerprint density at radius 3 is 2.63 bits per heavy atom. The fourth-order valence-electron chi connectivity index (χ4n) is 3.00. The third-order valence-corrected chi connectivity index (χ3v) is 4.73. The molecule has 30 heavy (non-hydrogen) atoms. The zero-order valence-corrected chi connectivity index (χ0v) is 16.9. The Bertz CT molecular complexity index is 1160. The van der Waals surface area contributed by atoms with E-state index in [-0.39, 0.29) is 11.5 Å². The number of nitrogen functional groups attached to an aromatic ring is 1. The first kappa shape index (κ1) is 20.8. The fourth-order valence-corrected chi connectivity index (χ4v) is 3.00. The lowest BCUT2D eigenvalue weighted by Crippen LogP contribution is -2.38. The molecule has 0 saturated heterocycles. The lowest BCUT2D eigenvalue weighted by atomic mass is 10.2. The van der Waals surface area contributed by atoms with Crippen LogP contribution >= 0.6 is 0 Å². The molecular weight excluding hydrogens is 384 g/mol. The largest absolute Gasteiger partial charge is 0.383 e. The summed E-state index contributed by atoms with van der Waals surface area (Å²) < 4.78 is 3.15. The summed E-state index contributed by atoms with van der Waals surface area (Å²) in [4.78, 5) is 44.3. The maximum atomic E-state index is 12.6. The molecule has 1 amide bonds. The van der Waals surface area contributed by atoms with Gasteiger partial charge in [0.15, 0.2) is 5.69 Å². The number of unbranched alkanes of at least 4 members (excludes halogenated alkanes) is 1. The minimum absolute atomic E-state index is 0.0221. The SMILES string of the molecule is CCCCn1c(N)c(N(C)C(=O)/C=C/c2ccc(-n3ccnc3)cc2)c(=O)[nH]c1=O. The Morgan fingerprint density at radius 2 is 2.00 bits per heavy atom. The number of imidazole rings is 1. The van der Waals surface area contributed by atoms with E-state index in [1.165, 1.54) is 17.7 Å². The van der Waals surface area contributed by atoms with Gasteiger partial charge in [-0.1, -0.05) is 25.5 Å². The number of anilines is 2. The summed E-state index contributed by atoms with van der Waals surface area (Å²) in [6.07, 6.45) is 9.82. The Balaban J connectivity index is 1.80. The number of benzene rings is 1. The van der Waals surface area contributed by atoms with Gasteiger partial charge in [-0.25, -0.2) is 9.78 Å². The van der Waals surface area contributed by atoms with E-state index in [4.69, 9.17) is 5.73 Å². The van der Waals surface area contributed by atoms with Gasteiger partial charge in [-0.3, -0.25) is 19.1 Å². The van der Waals surface area contributed by atoms with Gasteiger partial charge in [-0.15, -0.1) is 0 Å². The number of aromatic nitrogens is 4. The minimum atomic E-state index is -0.695. The van der Waals surface area contributed by atoms with Crippen molar-refractivity contribution in [3.05, 3.63) is 75.5 Å². The quantitative estimate of drug-likeness (QED) is 0.578. The Kier molecular flexibility index (Phi) is 6.31. The van der Waals surface area contributed by atoms with Crippen LogP contribution in [0, 0.1) is 0 Å². The van der Waals surface area contributed by atoms with Gasteiger partial charge in [0.2, 0.25) is 0 Å². The zero-order valence-electron chi connectivity index (χ0n) is 16.9. The van der Waals surface area contributed by atoms with Crippen LogP contribution in [-0.2, 0) is 11.3 Å². The van der Waals surface area contributed by atoms with Crippen LogP contribution in [-0.4, -0.2) is 32.1 Å². The van der Waals surface area contributed by atoms with Crippen LogP contribution < -0.4 is 21.9 Å². The van der Waals surface area contributed by atoms with E-state index in [0.717, 1.165) is 29.0 Å². The lowest BCUT2D eigenvalue weighted by Gasteiger charge is -2.19. The van der Waals surface area contributed by atoms with Gasteiger partial charge < -0.3 is 15.2 Å². The van der Waals surface area contributed by atoms with E-state index in [9.17, 15) is 14.4 Å².